The summed E-state index contributed by atoms with van der Waals surface area (Å²) in [6.07, 6.45) is 5.39. The molecule has 1 heterocycles. The molecular formula is C16H23NO3S. The highest BCUT2D eigenvalue weighted by Crippen LogP contribution is 2.26. The molecule has 3 rings (SSSR count). The Morgan fingerprint density at radius 1 is 1.24 bits per heavy atom. The maximum absolute atomic E-state index is 12.7. The van der Waals surface area contributed by atoms with E-state index in [9.17, 15) is 8.42 Å². The molecule has 0 unspecified atom stereocenters. The van der Waals surface area contributed by atoms with Crippen molar-refractivity contribution in [2.75, 3.05) is 26.8 Å². The maximum atomic E-state index is 12.7. The number of benzene rings is 1. The van der Waals surface area contributed by atoms with Gasteiger partial charge in [0.05, 0.1) is 11.5 Å². The summed E-state index contributed by atoms with van der Waals surface area (Å²) < 4.78 is 32.2. The predicted molar refractivity (Wildman–Crippen MR) is 81.8 cm³/mol. The smallest absolute Gasteiger partial charge is 0.242 e. The number of sulfonamides is 1. The van der Waals surface area contributed by atoms with Gasteiger partial charge in [-0.2, -0.15) is 0 Å². The average molecular weight is 309 g/mol. The molecule has 1 aromatic rings. The number of ether oxygens (including phenoxy) is 1. The van der Waals surface area contributed by atoms with Crippen molar-refractivity contribution < 1.29 is 13.2 Å². The van der Waals surface area contributed by atoms with Crippen molar-refractivity contribution in [3.05, 3.63) is 29.3 Å². The van der Waals surface area contributed by atoms with Gasteiger partial charge in [0.25, 0.3) is 0 Å². The van der Waals surface area contributed by atoms with Crippen LogP contribution in [0, 0.1) is 5.92 Å². The van der Waals surface area contributed by atoms with Crippen LogP contribution in [-0.2, 0) is 27.6 Å². The molecule has 1 aliphatic carbocycles. The van der Waals surface area contributed by atoms with Gasteiger partial charge in [-0.25, -0.2) is 12.7 Å². The third-order valence-electron chi connectivity index (χ3n) is 4.57. The minimum Gasteiger partial charge on any atom is -0.381 e. The molecule has 0 aromatic heterocycles. The second-order valence-electron chi connectivity index (χ2n) is 6.15. The van der Waals surface area contributed by atoms with Gasteiger partial charge in [0.1, 0.15) is 0 Å². The second kappa shape index (κ2) is 6.07. The van der Waals surface area contributed by atoms with Crippen LogP contribution in [0.2, 0.25) is 0 Å². The molecule has 1 aromatic carbocycles. The van der Waals surface area contributed by atoms with E-state index in [0.717, 1.165) is 32.3 Å². The van der Waals surface area contributed by atoms with Gasteiger partial charge in [-0.3, -0.25) is 0 Å². The molecule has 4 nitrogen and oxygen atoms in total. The van der Waals surface area contributed by atoms with E-state index in [2.05, 4.69) is 0 Å². The quantitative estimate of drug-likeness (QED) is 0.857. The zero-order valence-corrected chi connectivity index (χ0v) is 13.4. The number of hydrogen-bond acceptors (Lipinski definition) is 3. The van der Waals surface area contributed by atoms with Crippen LogP contribution in [0.3, 0.4) is 0 Å². The zero-order chi connectivity index (χ0) is 14.9. The zero-order valence-electron chi connectivity index (χ0n) is 12.5. The van der Waals surface area contributed by atoms with E-state index >= 15 is 0 Å². The molecule has 1 aliphatic heterocycles. The molecule has 5 heteroatoms. The monoisotopic (exact) mass is 309 g/mol. The van der Waals surface area contributed by atoms with Crippen LogP contribution < -0.4 is 0 Å². The summed E-state index contributed by atoms with van der Waals surface area (Å²) in [5.74, 6) is 0.322. The van der Waals surface area contributed by atoms with Crippen LogP contribution >= 0.6 is 0 Å². The molecule has 0 radical (unpaired) electrons. The van der Waals surface area contributed by atoms with Crippen LogP contribution in [0.5, 0.6) is 0 Å². The molecule has 0 saturated carbocycles. The van der Waals surface area contributed by atoms with Crippen LogP contribution in [0.4, 0.5) is 0 Å². The lowest BCUT2D eigenvalue weighted by Crippen LogP contribution is -2.32. The fourth-order valence-electron chi connectivity index (χ4n) is 3.24. The molecule has 116 valence electrons. The largest absolute Gasteiger partial charge is 0.381 e. The second-order valence-corrected chi connectivity index (χ2v) is 8.20. The summed E-state index contributed by atoms with van der Waals surface area (Å²) in [5, 5.41) is 0. The lowest BCUT2D eigenvalue weighted by atomic mass is 9.92. The van der Waals surface area contributed by atoms with Crippen molar-refractivity contribution in [2.45, 2.75) is 37.0 Å². The predicted octanol–water partition coefficient (Wildman–Crippen LogP) is 2.22. The molecule has 0 spiro atoms. The van der Waals surface area contributed by atoms with Gasteiger partial charge in [-0.15, -0.1) is 0 Å². The van der Waals surface area contributed by atoms with Gasteiger partial charge in [0, 0.05) is 20.2 Å². The van der Waals surface area contributed by atoms with Gasteiger partial charge in [0.2, 0.25) is 10.0 Å². The van der Waals surface area contributed by atoms with E-state index < -0.39 is 10.0 Å². The third-order valence-corrected chi connectivity index (χ3v) is 6.39. The fourth-order valence-corrected chi connectivity index (χ4v) is 4.54. The van der Waals surface area contributed by atoms with Gasteiger partial charge in [-0.05, 0) is 61.3 Å². The molecule has 1 saturated heterocycles. The summed E-state index contributed by atoms with van der Waals surface area (Å²) in [5.41, 5.74) is 2.52. The number of hydrogen-bond donors (Lipinski definition) is 0. The minimum absolute atomic E-state index is 0.322. The SMILES string of the molecule is CN(C[C@H]1CCOC1)S(=O)(=O)c1ccc2c(c1)CCCC2. The van der Waals surface area contributed by atoms with Crippen LogP contribution in [0.25, 0.3) is 0 Å². The van der Waals surface area contributed by atoms with Gasteiger partial charge >= 0.3 is 0 Å². The fraction of sp³-hybridized carbons (Fsp3) is 0.625. The average Bonchev–Trinajstić information content (AvgIpc) is 2.99. The molecule has 1 atom stereocenters. The molecule has 2 aliphatic rings. The van der Waals surface area contributed by atoms with Gasteiger partial charge < -0.3 is 4.74 Å². The Labute approximate surface area is 127 Å². The van der Waals surface area contributed by atoms with Crippen LogP contribution in [0.1, 0.15) is 30.4 Å². The Balaban J connectivity index is 1.80. The minimum atomic E-state index is -3.38. The van der Waals surface area contributed by atoms with Crippen LogP contribution in [-0.4, -0.2) is 39.5 Å². The Kier molecular flexibility index (Phi) is 4.33. The summed E-state index contributed by atoms with van der Waals surface area (Å²) >= 11 is 0. The van der Waals surface area contributed by atoms with E-state index in [1.54, 1.807) is 13.1 Å². The first-order valence-electron chi connectivity index (χ1n) is 7.73. The lowest BCUT2D eigenvalue weighted by molar-refractivity contribution is 0.182. The summed E-state index contributed by atoms with van der Waals surface area (Å²) in [7, 11) is -1.71. The molecule has 1 fully saturated rings. The van der Waals surface area contributed by atoms with Gasteiger partial charge in [0.15, 0.2) is 0 Å². The Morgan fingerprint density at radius 2 is 2.00 bits per heavy atom. The molecular weight excluding hydrogens is 286 g/mol. The highest BCUT2D eigenvalue weighted by Gasteiger charge is 2.26. The van der Waals surface area contributed by atoms with E-state index in [1.165, 1.54) is 21.9 Å². The highest BCUT2D eigenvalue weighted by molar-refractivity contribution is 7.89. The Bertz CT molecular complexity index is 606. The Hall–Kier alpha value is -0.910. The van der Waals surface area contributed by atoms with Crippen molar-refractivity contribution in [1.82, 2.24) is 4.31 Å². The van der Waals surface area contributed by atoms with E-state index in [1.807, 2.05) is 12.1 Å². The normalized spacial score (nSPS) is 22.5. The first-order chi connectivity index (χ1) is 10.1. The molecule has 21 heavy (non-hydrogen) atoms. The number of rotatable bonds is 4. The summed E-state index contributed by atoms with van der Waals surface area (Å²) in [6, 6.07) is 5.64. The third kappa shape index (κ3) is 3.15. The van der Waals surface area contributed by atoms with Crippen molar-refractivity contribution in [3.63, 3.8) is 0 Å². The van der Waals surface area contributed by atoms with Crippen molar-refractivity contribution in [3.8, 4) is 0 Å². The highest BCUT2D eigenvalue weighted by atomic mass is 32.2. The standard InChI is InChI=1S/C16H23NO3S/c1-17(11-13-8-9-20-12-13)21(18,19)16-7-6-14-4-2-3-5-15(14)10-16/h6-7,10,13H,2-5,8-9,11-12H2,1H3/t13-/m1/s1. The maximum Gasteiger partial charge on any atom is 0.242 e. The summed E-state index contributed by atoms with van der Waals surface area (Å²) in [6.45, 7) is 1.96. The van der Waals surface area contributed by atoms with E-state index in [-0.39, 0.29) is 0 Å². The lowest BCUT2D eigenvalue weighted by Gasteiger charge is -2.22. The first-order valence-corrected chi connectivity index (χ1v) is 9.17. The number of nitrogens with zero attached hydrogens (tertiary/aromatic N) is 1. The van der Waals surface area contributed by atoms with Crippen molar-refractivity contribution in [2.24, 2.45) is 5.92 Å². The molecule has 0 amide bonds. The number of fused-ring (bicyclic) bond motifs is 1. The summed E-state index contributed by atoms with van der Waals surface area (Å²) in [4.78, 5) is 0.435. The van der Waals surface area contributed by atoms with Crippen molar-refractivity contribution in [1.29, 1.82) is 0 Å². The van der Waals surface area contributed by atoms with Gasteiger partial charge in [-0.1, -0.05) is 6.07 Å². The van der Waals surface area contributed by atoms with E-state index in [0.29, 0.717) is 24.0 Å². The number of aryl methyl sites for hydroxylation is 2. The molecule has 0 bridgehead atoms. The Morgan fingerprint density at radius 3 is 2.71 bits per heavy atom. The molecule has 0 N–H and O–H groups in total. The first kappa shape index (κ1) is 15.0. The van der Waals surface area contributed by atoms with E-state index in [4.69, 9.17) is 4.74 Å². The van der Waals surface area contributed by atoms with Crippen molar-refractivity contribution >= 4 is 10.0 Å². The topological polar surface area (TPSA) is 46.6 Å². The van der Waals surface area contributed by atoms with Crippen LogP contribution in [0.15, 0.2) is 23.1 Å².